The molecule has 0 N–H and O–H groups in total. The third-order valence-corrected chi connectivity index (χ3v) is 4.01. The topological polar surface area (TPSA) is 38.7 Å². The van der Waals surface area contributed by atoms with Gasteiger partial charge in [0.15, 0.2) is 12.4 Å². The lowest BCUT2D eigenvalue weighted by molar-refractivity contribution is -0.114. The van der Waals surface area contributed by atoms with Crippen LogP contribution in [0.2, 0.25) is 0 Å². The van der Waals surface area contributed by atoms with E-state index >= 15 is 0 Å². The van der Waals surface area contributed by atoms with Crippen molar-refractivity contribution in [2.24, 2.45) is 4.99 Å². The van der Waals surface area contributed by atoms with Gasteiger partial charge in [0.1, 0.15) is 0 Å². The van der Waals surface area contributed by atoms with Crippen LogP contribution in [-0.2, 0) is 9.53 Å². The van der Waals surface area contributed by atoms with Gasteiger partial charge in [0.25, 0.3) is 0 Å². The minimum atomic E-state index is -0.564. The van der Waals surface area contributed by atoms with Crippen molar-refractivity contribution in [2.75, 3.05) is 0 Å². The maximum atomic E-state index is 11.4. The Kier molecular flexibility index (Phi) is 2.85. The van der Waals surface area contributed by atoms with Crippen molar-refractivity contribution in [3.05, 3.63) is 65.2 Å². The van der Waals surface area contributed by atoms with E-state index in [2.05, 4.69) is 17.1 Å². The molecular weight excluding hydrogens is 262 g/mol. The normalized spacial score (nSPS) is 20.2. The predicted molar refractivity (Wildman–Crippen MR) is 80.9 cm³/mol. The summed E-state index contributed by atoms with van der Waals surface area (Å²) in [5.74, 6) is 1.17. The SMILES string of the molecule is O=CC1OC(c2ccccc2)=Nc2ccc(C3CC3)cc21. The van der Waals surface area contributed by atoms with Crippen LogP contribution < -0.4 is 0 Å². The van der Waals surface area contributed by atoms with Crippen LogP contribution in [0.3, 0.4) is 0 Å². The summed E-state index contributed by atoms with van der Waals surface area (Å²) >= 11 is 0. The highest BCUT2D eigenvalue weighted by Gasteiger charge is 2.28. The second-order valence-electron chi connectivity index (χ2n) is 5.55. The molecule has 2 aromatic rings. The molecule has 1 heterocycles. The van der Waals surface area contributed by atoms with Crippen LogP contribution in [0.25, 0.3) is 0 Å². The number of hydrogen-bond donors (Lipinski definition) is 0. The molecule has 1 unspecified atom stereocenters. The number of fused-ring (bicyclic) bond motifs is 1. The zero-order valence-corrected chi connectivity index (χ0v) is 11.5. The van der Waals surface area contributed by atoms with Gasteiger partial charge in [-0.15, -0.1) is 0 Å². The maximum absolute atomic E-state index is 11.4. The van der Waals surface area contributed by atoms with Gasteiger partial charge in [-0.05, 0) is 48.6 Å². The van der Waals surface area contributed by atoms with Crippen molar-refractivity contribution in [3.63, 3.8) is 0 Å². The van der Waals surface area contributed by atoms with Gasteiger partial charge in [0.2, 0.25) is 5.90 Å². The third-order valence-electron chi connectivity index (χ3n) is 4.01. The van der Waals surface area contributed by atoms with Crippen molar-refractivity contribution in [1.29, 1.82) is 0 Å². The van der Waals surface area contributed by atoms with E-state index in [0.29, 0.717) is 11.8 Å². The van der Waals surface area contributed by atoms with Crippen molar-refractivity contribution < 1.29 is 9.53 Å². The van der Waals surface area contributed by atoms with Crippen LogP contribution in [0, 0.1) is 0 Å². The Morgan fingerprint density at radius 3 is 2.62 bits per heavy atom. The van der Waals surface area contributed by atoms with Crippen molar-refractivity contribution in [3.8, 4) is 0 Å². The summed E-state index contributed by atoms with van der Waals surface area (Å²) < 4.78 is 5.79. The fraction of sp³-hybridized carbons (Fsp3) is 0.222. The fourth-order valence-electron chi connectivity index (χ4n) is 2.71. The number of ether oxygens (including phenoxy) is 1. The van der Waals surface area contributed by atoms with Gasteiger partial charge in [0, 0.05) is 11.1 Å². The van der Waals surface area contributed by atoms with E-state index in [1.165, 1.54) is 18.4 Å². The zero-order valence-electron chi connectivity index (χ0n) is 11.5. The number of aliphatic imine (C=N–C) groups is 1. The van der Waals surface area contributed by atoms with E-state index < -0.39 is 6.10 Å². The Balaban J connectivity index is 1.78. The summed E-state index contributed by atoms with van der Waals surface area (Å²) in [4.78, 5) is 16.0. The quantitative estimate of drug-likeness (QED) is 0.798. The molecule has 1 atom stereocenters. The largest absolute Gasteiger partial charge is 0.461 e. The highest BCUT2D eigenvalue weighted by Crippen LogP contribution is 2.43. The van der Waals surface area contributed by atoms with E-state index in [4.69, 9.17) is 4.74 Å². The average Bonchev–Trinajstić information content (AvgIpc) is 3.39. The number of carbonyl (C=O) groups excluding carboxylic acids is 1. The highest BCUT2D eigenvalue weighted by atomic mass is 16.5. The van der Waals surface area contributed by atoms with Gasteiger partial charge in [-0.2, -0.15) is 0 Å². The number of carbonyl (C=O) groups is 1. The molecule has 0 saturated heterocycles. The average molecular weight is 277 g/mol. The van der Waals surface area contributed by atoms with Crippen LogP contribution in [0.1, 0.15) is 41.6 Å². The van der Waals surface area contributed by atoms with E-state index in [9.17, 15) is 4.79 Å². The van der Waals surface area contributed by atoms with E-state index in [-0.39, 0.29) is 0 Å². The first kappa shape index (κ1) is 12.3. The Hall–Kier alpha value is -2.42. The lowest BCUT2D eigenvalue weighted by Gasteiger charge is -2.23. The summed E-state index contributed by atoms with van der Waals surface area (Å²) in [5, 5.41) is 0. The molecule has 0 bridgehead atoms. The van der Waals surface area contributed by atoms with Gasteiger partial charge in [-0.25, -0.2) is 4.99 Å². The summed E-state index contributed by atoms with van der Waals surface area (Å²) in [6, 6.07) is 15.9. The smallest absolute Gasteiger partial charge is 0.222 e. The van der Waals surface area contributed by atoms with E-state index in [1.807, 2.05) is 36.4 Å². The molecule has 1 aliphatic carbocycles. The molecule has 0 radical (unpaired) electrons. The van der Waals surface area contributed by atoms with Gasteiger partial charge in [0.05, 0.1) is 5.69 Å². The van der Waals surface area contributed by atoms with Gasteiger partial charge >= 0.3 is 0 Å². The molecule has 2 aromatic carbocycles. The molecule has 3 nitrogen and oxygen atoms in total. The van der Waals surface area contributed by atoms with E-state index in [0.717, 1.165) is 23.1 Å². The van der Waals surface area contributed by atoms with Crippen molar-refractivity contribution >= 4 is 17.9 Å². The van der Waals surface area contributed by atoms with E-state index in [1.54, 1.807) is 0 Å². The number of hydrogen-bond acceptors (Lipinski definition) is 3. The number of aldehydes is 1. The third kappa shape index (κ3) is 2.25. The molecule has 3 heteroatoms. The van der Waals surface area contributed by atoms with Gasteiger partial charge < -0.3 is 4.74 Å². The highest BCUT2D eigenvalue weighted by molar-refractivity contribution is 5.98. The summed E-state index contributed by atoms with van der Waals surface area (Å²) in [6.45, 7) is 0. The first-order valence-corrected chi connectivity index (χ1v) is 7.25. The Bertz CT molecular complexity index is 717. The van der Waals surface area contributed by atoms with Crippen molar-refractivity contribution in [1.82, 2.24) is 0 Å². The zero-order chi connectivity index (χ0) is 14.2. The Morgan fingerprint density at radius 2 is 1.90 bits per heavy atom. The van der Waals surface area contributed by atoms with Gasteiger partial charge in [-0.3, -0.25) is 4.79 Å². The molecule has 21 heavy (non-hydrogen) atoms. The minimum absolute atomic E-state index is 0.513. The summed E-state index contributed by atoms with van der Waals surface area (Å²) in [5.41, 5.74) is 3.90. The van der Waals surface area contributed by atoms with Crippen LogP contribution in [0.15, 0.2) is 53.5 Å². The fourth-order valence-corrected chi connectivity index (χ4v) is 2.71. The number of rotatable bonds is 3. The van der Waals surface area contributed by atoms with Crippen LogP contribution in [-0.4, -0.2) is 12.2 Å². The van der Waals surface area contributed by atoms with Crippen LogP contribution in [0.5, 0.6) is 0 Å². The summed E-state index contributed by atoms with van der Waals surface area (Å²) in [7, 11) is 0. The molecule has 0 amide bonds. The first-order chi connectivity index (χ1) is 10.3. The first-order valence-electron chi connectivity index (χ1n) is 7.25. The lowest BCUT2D eigenvalue weighted by Crippen LogP contribution is -2.18. The molecule has 1 aliphatic heterocycles. The molecule has 1 fully saturated rings. The number of nitrogens with zero attached hydrogens (tertiary/aromatic N) is 1. The maximum Gasteiger partial charge on any atom is 0.222 e. The molecular formula is C18H15NO2. The Morgan fingerprint density at radius 1 is 1.10 bits per heavy atom. The second kappa shape index (κ2) is 4.85. The monoisotopic (exact) mass is 277 g/mol. The number of benzene rings is 2. The van der Waals surface area contributed by atoms with Gasteiger partial charge in [-0.1, -0.05) is 24.3 Å². The van der Waals surface area contributed by atoms with Crippen LogP contribution in [0.4, 0.5) is 5.69 Å². The van der Waals surface area contributed by atoms with Crippen LogP contribution >= 0.6 is 0 Å². The van der Waals surface area contributed by atoms with Crippen molar-refractivity contribution in [2.45, 2.75) is 24.9 Å². The molecule has 0 aromatic heterocycles. The molecule has 104 valence electrons. The Labute approximate surface area is 123 Å². The second-order valence-corrected chi connectivity index (χ2v) is 5.55. The molecule has 1 saturated carbocycles. The predicted octanol–water partition coefficient (Wildman–Crippen LogP) is 3.91. The summed E-state index contributed by atoms with van der Waals surface area (Å²) in [6.07, 6.45) is 2.77. The minimum Gasteiger partial charge on any atom is -0.461 e. The molecule has 2 aliphatic rings. The lowest BCUT2D eigenvalue weighted by atomic mass is 10.0. The standard InChI is InChI=1S/C18H15NO2/c20-11-17-15-10-14(12-6-7-12)8-9-16(15)19-18(21-17)13-4-2-1-3-5-13/h1-5,8-12,17H,6-7H2. The molecule has 4 rings (SSSR count). The molecule has 0 spiro atoms.